The summed E-state index contributed by atoms with van der Waals surface area (Å²) in [5, 5.41) is 3.53. The summed E-state index contributed by atoms with van der Waals surface area (Å²) in [6.45, 7) is 2.96. The molecular weight excluding hydrogens is 240 g/mol. The molecule has 2 rings (SSSR count). The number of benzene rings is 1. The molecule has 1 aromatic carbocycles. The first-order valence-electron chi connectivity index (χ1n) is 6.85. The molecule has 0 bridgehead atoms. The van der Waals surface area contributed by atoms with Gasteiger partial charge >= 0.3 is 0 Å². The van der Waals surface area contributed by atoms with Crippen LogP contribution in [0.5, 0.6) is 11.5 Å². The lowest BCUT2D eigenvalue weighted by molar-refractivity contribution is 0.313. The number of nitrogens with one attached hydrogen (secondary N) is 1. The third-order valence-electron chi connectivity index (χ3n) is 3.43. The maximum absolute atomic E-state index is 5.40. The molecular formula is C15H24N2O2. The van der Waals surface area contributed by atoms with Crippen molar-refractivity contribution >= 4 is 0 Å². The van der Waals surface area contributed by atoms with E-state index in [-0.39, 0.29) is 0 Å². The molecule has 1 aliphatic carbocycles. The van der Waals surface area contributed by atoms with Crippen LogP contribution in [0.2, 0.25) is 0 Å². The number of ether oxygens (including phenoxy) is 2. The van der Waals surface area contributed by atoms with Gasteiger partial charge in [0.1, 0.15) is 11.5 Å². The van der Waals surface area contributed by atoms with Crippen molar-refractivity contribution in [2.75, 3.05) is 34.4 Å². The summed E-state index contributed by atoms with van der Waals surface area (Å²) in [5.74, 6) is 1.79. The van der Waals surface area contributed by atoms with Gasteiger partial charge in [-0.2, -0.15) is 0 Å². The van der Waals surface area contributed by atoms with Gasteiger partial charge in [-0.25, -0.2) is 0 Å². The second kappa shape index (κ2) is 6.78. The summed E-state index contributed by atoms with van der Waals surface area (Å²) in [6.07, 6.45) is 2.68. The first-order chi connectivity index (χ1) is 9.22. The highest BCUT2D eigenvalue weighted by atomic mass is 16.5. The molecule has 0 radical (unpaired) electrons. The lowest BCUT2D eigenvalue weighted by Gasteiger charge is -2.19. The van der Waals surface area contributed by atoms with Gasteiger partial charge in [-0.1, -0.05) is 0 Å². The van der Waals surface area contributed by atoms with Crippen LogP contribution in [-0.4, -0.2) is 45.3 Å². The Labute approximate surface area is 115 Å². The van der Waals surface area contributed by atoms with Crippen LogP contribution in [0.15, 0.2) is 18.2 Å². The summed E-state index contributed by atoms with van der Waals surface area (Å²) in [6, 6.07) is 6.71. The Bertz CT molecular complexity index is 405. The predicted octanol–water partition coefficient (Wildman–Crippen LogP) is 1.89. The standard InChI is InChI=1S/C15H24N2O2/c1-17(9-8-16-13-4-5-13)11-12-10-14(18-2)6-7-15(12)19-3/h6-7,10,13,16H,4-5,8-9,11H2,1-3H3. The summed E-state index contributed by atoms with van der Waals surface area (Å²) >= 11 is 0. The first-order valence-corrected chi connectivity index (χ1v) is 6.85. The zero-order chi connectivity index (χ0) is 13.7. The molecule has 0 unspecified atom stereocenters. The predicted molar refractivity (Wildman–Crippen MR) is 76.9 cm³/mol. The Kier molecular flexibility index (Phi) is 5.05. The molecule has 1 fully saturated rings. The van der Waals surface area contributed by atoms with Crippen LogP contribution in [0.25, 0.3) is 0 Å². The van der Waals surface area contributed by atoms with Crippen LogP contribution in [-0.2, 0) is 6.54 Å². The first kappa shape index (κ1) is 14.2. The highest BCUT2D eigenvalue weighted by Crippen LogP contribution is 2.25. The molecule has 0 aliphatic heterocycles. The average Bonchev–Trinajstić information content (AvgIpc) is 3.22. The van der Waals surface area contributed by atoms with Crippen LogP contribution in [0.1, 0.15) is 18.4 Å². The lowest BCUT2D eigenvalue weighted by Crippen LogP contribution is -2.30. The Hall–Kier alpha value is -1.26. The van der Waals surface area contributed by atoms with Crippen molar-refractivity contribution in [3.63, 3.8) is 0 Å². The summed E-state index contributed by atoms with van der Waals surface area (Å²) < 4.78 is 10.7. The fourth-order valence-corrected chi connectivity index (χ4v) is 2.12. The highest BCUT2D eigenvalue weighted by Gasteiger charge is 2.19. The van der Waals surface area contributed by atoms with Gasteiger partial charge in [0.05, 0.1) is 14.2 Å². The van der Waals surface area contributed by atoms with E-state index in [1.807, 2.05) is 18.2 Å². The second-order valence-electron chi connectivity index (χ2n) is 5.14. The fraction of sp³-hybridized carbons (Fsp3) is 0.600. The van der Waals surface area contributed by atoms with Gasteiger partial charge < -0.3 is 19.7 Å². The van der Waals surface area contributed by atoms with Gasteiger partial charge in [-0.15, -0.1) is 0 Å². The van der Waals surface area contributed by atoms with E-state index in [1.54, 1.807) is 14.2 Å². The van der Waals surface area contributed by atoms with Crippen LogP contribution in [0.4, 0.5) is 0 Å². The summed E-state index contributed by atoms with van der Waals surface area (Å²) in [4.78, 5) is 2.30. The molecule has 0 heterocycles. The molecule has 0 saturated heterocycles. The number of rotatable bonds is 8. The van der Waals surface area contributed by atoms with Gasteiger partial charge in [0, 0.05) is 31.2 Å². The topological polar surface area (TPSA) is 33.7 Å². The van der Waals surface area contributed by atoms with Crippen LogP contribution in [0.3, 0.4) is 0 Å². The Morgan fingerprint density at radius 3 is 2.68 bits per heavy atom. The molecule has 0 amide bonds. The van der Waals surface area contributed by atoms with Crippen LogP contribution >= 0.6 is 0 Å². The van der Waals surface area contributed by atoms with Gasteiger partial charge in [-0.3, -0.25) is 0 Å². The van der Waals surface area contributed by atoms with Crippen LogP contribution in [0, 0.1) is 0 Å². The maximum Gasteiger partial charge on any atom is 0.123 e. The number of hydrogen-bond acceptors (Lipinski definition) is 4. The van der Waals surface area contributed by atoms with Crippen LogP contribution < -0.4 is 14.8 Å². The van der Waals surface area contributed by atoms with Crippen molar-refractivity contribution < 1.29 is 9.47 Å². The minimum Gasteiger partial charge on any atom is -0.497 e. The van der Waals surface area contributed by atoms with E-state index in [2.05, 4.69) is 17.3 Å². The van der Waals surface area contributed by atoms with Gasteiger partial charge in [0.25, 0.3) is 0 Å². The van der Waals surface area contributed by atoms with Gasteiger partial charge in [-0.05, 0) is 38.1 Å². The number of methoxy groups -OCH3 is 2. The molecule has 0 aromatic heterocycles. The molecule has 19 heavy (non-hydrogen) atoms. The number of hydrogen-bond donors (Lipinski definition) is 1. The maximum atomic E-state index is 5.40. The number of likely N-dealkylation sites (N-methyl/N-ethyl adjacent to an activating group) is 1. The normalized spacial score (nSPS) is 14.7. The SMILES string of the molecule is COc1ccc(OC)c(CN(C)CCNC2CC2)c1. The van der Waals surface area contributed by atoms with E-state index in [0.29, 0.717) is 0 Å². The average molecular weight is 264 g/mol. The summed E-state index contributed by atoms with van der Waals surface area (Å²) in [5.41, 5.74) is 1.16. The number of nitrogens with zero attached hydrogens (tertiary/aromatic N) is 1. The lowest BCUT2D eigenvalue weighted by atomic mass is 10.1. The third-order valence-corrected chi connectivity index (χ3v) is 3.43. The Morgan fingerprint density at radius 2 is 2.05 bits per heavy atom. The van der Waals surface area contributed by atoms with Gasteiger partial charge in [0.2, 0.25) is 0 Å². The van der Waals surface area contributed by atoms with Crippen molar-refractivity contribution in [3.8, 4) is 11.5 Å². The van der Waals surface area contributed by atoms with E-state index in [1.165, 1.54) is 12.8 Å². The highest BCUT2D eigenvalue weighted by molar-refractivity contribution is 5.40. The van der Waals surface area contributed by atoms with E-state index >= 15 is 0 Å². The molecule has 4 nitrogen and oxygen atoms in total. The van der Waals surface area contributed by atoms with Gasteiger partial charge in [0.15, 0.2) is 0 Å². The minimum atomic E-state index is 0.778. The summed E-state index contributed by atoms with van der Waals surface area (Å²) in [7, 11) is 5.53. The third kappa shape index (κ3) is 4.40. The van der Waals surface area contributed by atoms with E-state index < -0.39 is 0 Å². The Morgan fingerprint density at radius 1 is 1.26 bits per heavy atom. The smallest absolute Gasteiger partial charge is 0.123 e. The zero-order valence-electron chi connectivity index (χ0n) is 12.1. The van der Waals surface area contributed by atoms with Crippen molar-refractivity contribution in [2.45, 2.75) is 25.4 Å². The van der Waals surface area contributed by atoms with E-state index in [4.69, 9.17) is 9.47 Å². The zero-order valence-corrected chi connectivity index (χ0v) is 12.1. The molecule has 1 saturated carbocycles. The fourth-order valence-electron chi connectivity index (χ4n) is 2.12. The van der Waals surface area contributed by atoms with Crippen molar-refractivity contribution in [3.05, 3.63) is 23.8 Å². The van der Waals surface area contributed by atoms with E-state index in [0.717, 1.165) is 42.7 Å². The molecule has 0 atom stereocenters. The molecule has 0 spiro atoms. The Balaban J connectivity index is 1.87. The minimum absolute atomic E-state index is 0.778. The molecule has 1 N–H and O–H groups in total. The molecule has 4 heteroatoms. The monoisotopic (exact) mass is 264 g/mol. The molecule has 106 valence electrons. The molecule has 1 aliphatic rings. The quantitative estimate of drug-likeness (QED) is 0.777. The van der Waals surface area contributed by atoms with Crippen molar-refractivity contribution in [2.24, 2.45) is 0 Å². The van der Waals surface area contributed by atoms with E-state index in [9.17, 15) is 0 Å². The largest absolute Gasteiger partial charge is 0.497 e. The van der Waals surface area contributed by atoms with Crippen molar-refractivity contribution in [1.82, 2.24) is 10.2 Å². The molecule has 1 aromatic rings. The van der Waals surface area contributed by atoms with Crippen molar-refractivity contribution in [1.29, 1.82) is 0 Å². The second-order valence-corrected chi connectivity index (χ2v) is 5.14.